The maximum Gasteiger partial charge on any atom is 0.414 e. The van der Waals surface area contributed by atoms with Gasteiger partial charge in [0, 0.05) is 43.6 Å². The van der Waals surface area contributed by atoms with Crippen LogP contribution in [0.2, 0.25) is 0 Å². The van der Waals surface area contributed by atoms with Crippen molar-refractivity contribution < 1.29 is 14.3 Å². The summed E-state index contributed by atoms with van der Waals surface area (Å²) in [6, 6.07) is 9.52. The van der Waals surface area contributed by atoms with Crippen molar-refractivity contribution in [1.82, 2.24) is 9.88 Å². The van der Waals surface area contributed by atoms with Crippen molar-refractivity contribution >= 4 is 23.5 Å². The summed E-state index contributed by atoms with van der Waals surface area (Å²) < 4.78 is 5.09. The smallest absolute Gasteiger partial charge is 0.414 e. The van der Waals surface area contributed by atoms with Gasteiger partial charge in [0.25, 0.3) is 5.91 Å². The first-order valence-electron chi connectivity index (χ1n) is 11.1. The van der Waals surface area contributed by atoms with Gasteiger partial charge in [0.2, 0.25) is 0 Å². The Balaban J connectivity index is 1.24. The molecule has 31 heavy (non-hydrogen) atoms. The molecule has 7 nitrogen and oxygen atoms in total. The van der Waals surface area contributed by atoms with Gasteiger partial charge in [-0.2, -0.15) is 0 Å². The molecule has 3 fully saturated rings. The van der Waals surface area contributed by atoms with E-state index in [4.69, 9.17) is 9.72 Å². The third-order valence-electron chi connectivity index (χ3n) is 6.39. The minimum absolute atomic E-state index is 0.00181. The van der Waals surface area contributed by atoms with Gasteiger partial charge in [-0.05, 0) is 68.0 Å². The molecular formula is C24H28N4O3. The fraction of sp³-hybridized carbons (Fsp3) is 0.458. The fourth-order valence-electron chi connectivity index (χ4n) is 4.49. The van der Waals surface area contributed by atoms with E-state index in [0.29, 0.717) is 31.2 Å². The standard InChI is InChI=1S/C24H28N4O3/c1-16-13-21(18-3-4-18)22(25-14-16)26-9-11-27(12-10-26)23(29)19-5-7-20(8-6-19)28-17(2)15-31-24(28)30/h5-8,13-14,17-18H,3-4,9-12,15H2,1-2H3. The normalized spacial score (nSPS) is 21.4. The van der Waals surface area contributed by atoms with Crippen molar-refractivity contribution in [3.63, 3.8) is 0 Å². The lowest BCUT2D eigenvalue weighted by Gasteiger charge is -2.36. The average Bonchev–Trinajstić information content (AvgIpc) is 3.58. The van der Waals surface area contributed by atoms with Crippen molar-refractivity contribution in [3.8, 4) is 0 Å². The molecule has 1 saturated carbocycles. The van der Waals surface area contributed by atoms with Crippen LogP contribution in [0, 0.1) is 6.92 Å². The number of carbonyl (C=O) groups is 2. The van der Waals surface area contributed by atoms with Crippen LogP contribution in [-0.4, -0.2) is 60.7 Å². The monoisotopic (exact) mass is 420 g/mol. The number of anilines is 2. The van der Waals surface area contributed by atoms with E-state index in [1.807, 2.05) is 30.2 Å². The van der Waals surface area contributed by atoms with E-state index >= 15 is 0 Å². The molecule has 0 bridgehead atoms. The number of aryl methyl sites for hydroxylation is 1. The lowest BCUT2D eigenvalue weighted by atomic mass is 10.1. The summed E-state index contributed by atoms with van der Waals surface area (Å²) in [5, 5.41) is 0. The third kappa shape index (κ3) is 3.84. The Morgan fingerprint density at radius 2 is 1.81 bits per heavy atom. The number of ether oxygens (including phenoxy) is 1. The molecule has 7 heteroatoms. The summed E-state index contributed by atoms with van der Waals surface area (Å²) in [5.74, 6) is 1.77. The van der Waals surface area contributed by atoms with Crippen molar-refractivity contribution in [3.05, 3.63) is 53.2 Å². The molecule has 0 radical (unpaired) electrons. The molecule has 3 heterocycles. The number of piperazine rings is 1. The molecule has 1 aromatic carbocycles. The second-order valence-electron chi connectivity index (χ2n) is 8.82. The summed E-state index contributed by atoms with van der Waals surface area (Å²) in [4.78, 5) is 35.5. The molecule has 2 saturated heterocycles. The topological polar surface area (TPSA) is 66.0 Å². The predicted molar refractivity (Wildman–Crippen MR) is 119 cm³/mol. The van der Waals surface area contributed by atoms with Crippen molar-refractivity contribution in [2.75, 3.05) is 42.6 Å². The minimum atomic E-state index is -0.335. The Morgan fingerprint density at radius 1 is 1.10 bits per heavy atom. The first kappa shape index (κ1) is 19.8. The van der Waals surface area contributed by atoms with Gasteiger partial charge in [0.05, 0.1) is 6.04 Å². The van der Waals surface area contributed by atoms with Crippen LogP contribution >= 0.6 is 0 Å². The Bertz CT molecular complexity index is 994. The summed E-state index contributed by atoms with van der Waals surface area (Å²) in [7, 11) is 0. The first-order valence-corrected chi connectivity index (χ1v) is 11.1. The molecule has 2 aliphatic heterocycles. The van der Waals surface area contributed by atoms with Crippen LogP contribution < -0.4 is 9.80 Å². The van der Waals surface area contributed by atoms with Crippen LogP contribution in [0.5, 0.6) is 0 Å². The van der Waals surface area contributed by atoms with Crippen molar-refractivity contribution in [2.24, 2.45) is 0 Å². The number of aromatic nitrogens is 1. The molecule has 2 aromatic rings. The number of hydrogen-bond donors (Lipinski definition) is 0. The number of benzene rings is 1. The molecule has 1 atom stereocenters. The Kier molecular flexibility index (Phi) is 5.04. The van der Waals surface area contributed by atoms with Gasteiger partial charge >= 0.3 is 6.09 Å². The highest BCUT2D eigenvalue weighted by molar-refractivity contribution is 5.96. The van der Waals surface area contributed by atoms with E-state index in [-0.39, 0.29) is 18.0 Å². The van der Waals surface area contributed by atoms with Gasteiger partial charge in [-0.3, -0.25) is 9.69 Å². The minimum Gasteiger partial charge on any atom is -0.447 e. The number of rotatable bonds is 4. The molecule has 5 rings (SSSR count). The number of hydrogen-bond acceptors (Lipinski definition) is 5. The predicted octanol–water partition coefficient (Wildman–Crippen LogP) is 3.57. The van der Waals surface area contributed by atoms with E-state index in [1.54, 1.807) is 17.0 Å². The maximum absolute atomic E-state index is 13.0. The van der Waals surface area contributed by atoms with Crippen LogP contribution in [0.4, 0.5) is 16.3 Å². The number of cyclic esters (lactones) is 1. The van der Waals surface area contributed by atoms with Crippen LogP contribution in [0.15, 0.2) is 36.5 Å². The maximum atomic E-state index is 13.0. The number of nitrogens with zero attached hydrogens (tertiary/aromatic N) is 4. The fourth-order valence-corrected chi connectivity index (χ4v) is 4.49. The molecule has 2 amide bonds. The van der Waals surface area contributed by atoms with Gasteiger partial charge in [0.1, 0.15) is 12.4 Å². The number of carbonyl (C=O) groups excluding carboxylic acids is 2. The molecular weight excluding hydrogens is 392 g/mol. The number of amides is 2. The average molecular weight is 421 g/mol. The summed E-state index contributed by atoms with van der Waals surface area (Å²) in [6.45, 7) is 7.36. The second-order valence-corrected chi connectivity index (χ2v) is 8.82. The molecule has 3 aliphatic rings. The Labute approximate surface area is 182 Å². The van der Waals surface area contributed by atoms with Crippen molar-refractivity contribution in [1.29, 1.82) is 0 Å². The van der Waals surface area contributed by atoms with E-state index in [9.17, 15) is 9.59 Å². The molecule has 0 N–H and O–H groups in total. The van der Waals surface area contributed by atoms with Crippen LogP contribution in [0.25, 0.3) is 0 Å². The zero-order valence-electron chi connectivity index (χ0n) is 18.1. The zero-order valence-corrected chi connectivity index (χ0v) is 18.1. The summed E-state index contributed by atoms with van der Waals surface area (Å²) >= 11 is 0. The molecule has 1 unspecified atom stereocenters. The quantitative estimate of drug-likeness (QED) is 0.757. The van der Waals surface area contributed by atoms with E-state index in [2.05, 4.69) is 17.9 Å². The lowest BCUT2D eigenvalue weighted by Crippen LogP contribution is -2.49. The first-order chi connectivity index (χ1) is 15.0. The van der Waals surface area contributed by atoms with Gasteiger partial charge in [-0.25, -0.2) is 9.78 Å². The summed E-state index contributed by atoms with van der Waals surface area (Å²) in [5.41, 5.74) is 3.98. The highest BCUT2D eigenvalue weighted by Crippen LogP contribution is 2.44. The summed E-state index contributed by atoms with van der Waals surface area (Å²) in [6.07, 6.45) is 4.11. The molecule has 0 spiro atoms. The largest absolute Gasteiger partial charge is 0.447 e. The SMILES string of the molecule is Cc1cnc(N2CCN(C(=O)c3ccc(N4C(=O)OCC4C)cc3)CC2)c(C2CC2)c1. The van der Waals surface area contributed by atoms with Crippen LogP contribution in [0.3, 0.4) is 0 Å². The Hall–Kier alpha value is -3.09. The lowest BCUT2D eigenvalue weighted by molar-refractivity contribution is 0.0746. The molecule has 1 aliphatic carbocycles. The van der Waals surface area contributed by atoms with Gasteiger partial charge in [-0.1, -0.05) is 6.07 Å². The second kappa shape index (κ2) is 7.87. The number of pyridine rings is 1. The van der Waals surface area contributed by atoms with Gasteiger partial charge < -0.3 is 14.5 Å². The third-order valence-corrected chi connectivity index (χ3v) is 6.39. The zero-order chi connectivity index (χ0) is 21.5. The molecule has 1 aromatic heterocycles. The Morgan fingerprint density at radius 3 is 2.42 bits per heavy atom. The highest BCUT2D eigenvalue weighted by atomic mass is 16.6. The van der Waals surface area contributed by atoms with Gasteiger partial charge in [0.15, 0.2) is 0 Å². The molecule has 162 valence electrons. The van der Waals surface area contributed by atoms with Crippen molar-refractivity contribution in [2.45, 2.75) is 38.6 Å². The highest BCUT2D eigenvalue weighted by Gasteiger charge is 2.32. The van der Waals surface area contributed by atoms with E-state index < -0.39 is 0 Å². The van der Waals surface area contributed by atoms with Crippen LogP contribution in [-0.2, 0) is 4.74 Å². The van der Waals surface area contributed by atoms with Gasteiger partial charge in [-0.15, -0.1) is 0 Å². The van der Waals surface area contributed by atoms with Crippen LogP contribution in [0.1, 0.15) is 47.2 Å². The van der Waals surface area contributed by atoms with E-state index in [1.165, 1.54) is 24.0 Å². The van der Waals surface area contributed by atoms with E-state index in [0.717, 1.165) is 24.6 Å².